The Kier molecular flexibility index (Phi) is 9.16. The number of fused-ring (bicyclic) bond motifs is 2. The second-order valence-corrected chi connectivity index (χ2v) is 15.5. The predicted molar refractivity (Wildman–Crippen MR) is 156 cm³/mol. The molecule has 8 aliphatic rings. The van der Waals surface area contributed by atoms with Crippen molar-refractivity contribution in [3.63, 3.8) is 0 Å². The average Bonchev–Trinajstić information content (AvgIpc) is 3.34. The van der Waals surface area contributed by atoms with Crippen LogP contribution in [0.4, 0.5) is 26.3 Å². The van der Waals surface area contributed by atoms with Crippen molar-refractivity contribution >= 4 is 0 Å². The topological polar surface area (TPSA) is 106 Å². The van der Waals surface area contributed by atoms with E-state index in [1.54, 1.807) is 13.8 Å². The number of hydrogen-bond acceptors (Lipinski definition) is 10. The minimum Gasteiger partial charge on any atom is -0.456 e. The highest BCUT2D eigenvalue weighted by atomic mass is 19.4. The normalized spacial score (nSPS) is 48.3. The molecule has 0 aromatic heterocycles. The minimum atomic E-state index is -5.02. The van der Waals surface area contributed by atoms with E-state index in [-0.39, 0.29) is 36.4 Å². The van der Waals surface area contributed by atoms with Gasteiger partial charge in [-0.15, -0.1) is 0 Å². The smallest absolute Gasteiger partial charge is 0.449 e. The third kappa shape index (κ3) is 5.48. The molecule has 6 heterocycles. The van der Waals surface area contributed by atoms with Crippen LogP contribution in [0.1, 0.15) is 85.5 Å². The Morgan fingerprint density at radius 1 is 0.898 bits per heavy atom. The van der Waals surface area contributed by atoms with E-state index < -0.39 is 83.9 Å². The first-order chi connectivity index (χ1) is 23.0. The summed E-state index contributed by atoms with van der Waals surface area (Å²) in [7, 11) is 0. The molecular weight excluding hydrogens is 668 g/mol. The van der Waals surface area contributed by atoms with E-state index in [2.05, 4.69) is 5.32 Å². The van der Waals surface area contributed by atoms with Crippen LogP contribution in [-0.2, 0) is 38.3 Å². The van der Waals surface area contributed by atoms with Crippen LogP contribution in [0.3, 0.4) is 0 Å². The second kappa shape index (κ2) is 12.4. The van der Waals surface area contributed by atoms with E-state index in [9.17, 15) is 18.4 Å². The molecule has 0 aromatic carbocycles. The van der Waals surface area contributed by atoms with Gasteiger partial charge in [0.1, 0.15) is 0 Å². The number of nitrogens with one attached hydrogen (secondary N) is 1. The lowest BCUT2D eigenvalue weighted by molar-refractivity contribution is -0.557. The van der Waals surface area contributed by atoms with E-state index >= 15 is 13.2 Å². The molecule has 5 saturated heterocycles. The SMILES string of the molecule is C[C@@H]1CC[C@H]2C(CNCCO[C@@]3(C(F)(F)F)O[C@@H]4O[C@@H](C)CCC5CCC[C@@H]([C@H]3C)C54OO)=C(C(F)(F)F)O[C@@H]3OC4(C)CCC1[C@]32OO4. The largest absolute Gasteiger partial charge is 0.456 e. The summed E-state index contributed by atoms with van der Waals surface area (Å²) in [6, 6.07) is 0. The lowest BCUT2D eigenvalue weighted by Gasteiger charge is -2.59. The van der Waals surface area contributed by atoms with Crippen LogP contribution < -0.4 is 5.32 Å². The summed E-state index contributed by atoms with van der Waals surface area (Å²) in [6.07, 6.45) is -8.41. The Morgan fingerprint density at radius 3 is 2.39 bits per heavy atom. The third-order valence-electron chi connectivity index (χ3n) is 12.8. The molecule has 2 aliphatic carbocycles. The van der Waals surface area contributed by atoms with Gasteiger partial charge in [0.05, 0.1) is 12.7 Å². The van der Waals surface area contributed by atoms with Crippen molar-refractivity contribution in [2.24, 2.45) is 35.5 Å². The Labute approximate surface area is 281 Å². The highest BCUT2D eigenvalue weighted by Crippen LogP contribution is 2.62. The summed E-state index contributed by atoms with van der Waals surface area (Å²) in [6.45, 7) is 5.62. The molecule has 0 radical (unpaired) electrons. The van der Waals surface area contributed by atoms with Gasteiger partial charge in [0.25, 0.3) is 5.79 Å². The number of allylic oxidation sites excluding steroid dienone is 1. The second-order valence-electron chi connectivity index (χ2n) is 15.5. The molecule has 0 aromatic rings. The van der Waals surface area contributed by atoms with Gasteiger partial charge >= 0.3 is 12.4 Å². The number of halogens is 6. The van der Waals surface area contributed by atoms with E-state index in [4.69, 9.17) is 38.3 Å². The molecule has 7 fully saturated rings. The summed E-state index contributed by atoms with van der Waals surface area (Å²) in [5, 5.41) is 13.1. The molecule has 6 aliphatic heterocycles. The third-order valence-corrected chi connectivity index (χ3v) is 12.8. The number of ether oxygens (including phenoxy) is 5. The van der Waals surface area contributed by atoms with Gasteiger partial charge in [0.15, 0.2) is 17.5 Å². The van der Waals surface area contributed by atoms with Crippen LogP contribution in [0.25, 0.3) is 0 Å². The molecule has 0 amide bonds. The van der Waals surface area contributed by atoms with Crippen LogP contribution in [0.15, 0.2) is 11.3 Å². The van der Waals surface area contributed by atoms with Crippen LogP contribution in [-0.4, -0.2) is 78.8 Å². The minimum absolute atomic E-state index is 0.0925. The van der Waals surface area contributed by atoms with Gasteiger partial charge in [0.2, 0.25) is 17.8 Å². The lowest BCUT2D eigenvalue weighted by Crippen LogP contribution is -2.73. The van der Waals surface area contributed by atoms with Crippen molar-refractivity contribution in [3.05, 3.63) is 11.3 Å². The fraction of sp³-hybridized carbons (Fsp3) is 0.939. The van der Waals surface area contributed by atoms with E-state index in [1.807, 2.05) is 6.92 Å². The van der Waals surface area contributed by atoms with Gasteiger partial charge in [-0.1, -0.05) is 20.3 Å². The van der Waals surface area contributed by atoms with Crippen LogP contribution >= 0.6 is 0 Å². The molecule has 2 saturated carbocycles. The molecule has 16 heteroatoms. The van der Waals surface area contributed by atoms with Gasteiger partial charge in [-0.25, -0.2) is 14.7 Å². The Balaban J connectivity index is 1.11. The van der Waals surface area contributed by atoms with Crippen molar-refractivity contribution in [2.45, 2.75) is 139 Å². The Hall–Kier alpha value is -1.24. The standard InChI is InChI=1S/C33H47F6NO9/c1-17-8-11-24-21(25(32(34,35)36)44-27-30(24)22(17)12-13-28(4,45-27)48-49-30)16-40-14-15-42-31(33(37,38)39)19(3)23-7-5-6-20-10-9-18(2)43-26(46-31)29(20,23)47-41/h17-20,22-24,26-27,40-41H,5-16H2,1-4H3/t17-,18+,19-,20?,22?,23+,24+,26+,27-,28?,29?,30-,31-/m1/s1. The highest BCUT2D eigenvalue weighted by Gasteiger charge is 2.75. The maximum absolute atomic E-state index is 15.1. The van der Waals surface area contributed by atoms with Gasteiger partial charge in [-0.05, 0) is 76.2 Å². The van der Waals surface area contributed by atoms with Crippen molar-refractivity contribution in [2.75, 3.05) is 19.7 Å². The molecular formula is C33H47F6NO9. The monoisotopic (exact) mass is 715 g/mol. The zero-order valence-electron chi connectivity index (χ0n) is 28.2. The van der Waals surface area contributed by atoms with Gasteiger partial charge in [-0.3, -0.25) is 5.26 Å². The van der Waals surface area contributed by atoms with E-state index in [1.165, 1.54) is 6.92 Å². The highest BCUT2D eigenvalue weighted by molar-refractivity contribution is 5.29. The van der Waals surface area contributed by atoms with Crippen LogP contribution in [0, 0.1) is 35.5 Å². The fourth-order valence-corrected chi connectivity index (χ4v) is 10.4. The molecule has 8 rings (SSSR count). The molecule has 4 unspecified atom stereocenters. The molecule has 2 bridgehead atoms. The lowest BCUT2D eigenvalue weighted by atomic mass is 9.59. The average molecular weight is 716 g/mol. The first kappa shape index (κ1) is 36.1. The maximum Gasteiger partial charge on any atom is 0.449 e. The molecule has 10 nitrogen and oxygen atoms in total. The zero-order valence-corrected chi connectivity index (χ0v) is 28.2. The number of hydrogen-bond donors (Lipinski definition) is 2. The first-order valence-corrected chi connectivity index (χ1v) is 17.6. The van der Waals surface area contributed by atoms with Gasteiger partial charge in [0, 0.05) is 43.2 Å². The van der Waals surface area contributed by atoms with Crippen LogP contribution in [0.2, 0.25) is 0 Å². The van der Waals surface area contributed by atoms with E-state index in [0.717, 1.165) is 0 Å². The molecule has 280 valence electrons. The molecule has 13 atom stereocenters. The molecule has 1 spiro atoms. The quantitative estimate of drug-likeness (QED) is 0.127. The first-order valence-electron chi connectivity index (χ1n) is 17.6. The van der Waals surface area contributed by atoms with Crippen molar-refractivity contribution in [1.29, 1.82) is 0 Å². The number of alkyl halides is 6. The number of rotatable bonds is 7. The van der Waals surface area contributed by atoms with Crippen molar-refractivity contribution in [3.8, 4) is 0 Å². The summed E-state index contributed by atoms with van der Waals surface area (Å²) >= 11 is 0. The van der Waals surface area contributed by atoms with Gasteiger partial charge < -0.3 is 29.0 Å². The van der Waals surface area contributed by atoms with Crippen LogP contribution in [0.5, 0.6) is 0 Å². The summed E-state index contributed by atoms with van der Waals surface area (Å²) in [4.78, 5) is 16.8. The van der Waals surface area contributed by atoms with E-state index in [0.29, 0.717) is 57.8 Å². The summed E-state index contributed by atoms with van der Waals surface area (Å²) < 4.78 is 118. The predicted octanol–water partition coefficient (Wildman–Crippen LogP) is 6.75. The molecule has 49 heavy (non-hydrogen) atoms. The fourth-order valence-electron chi connectivity index (χ4n) is 10.4. The Morgan fingerprint density at radius 2 is 1.67 bits per heavy atom. The molecule has 2 N–H and O–H groups in total. The Bertz CT molecular complexity index is 1290. The van der Waals surface area contributed by atoms with Crippen molar-refractivity contribution in [1.82, 2.24) is 5.32 Å². The van der Waals surface area contributed by atoms with Gasteiger partial charge in [-0.2, -0.15) is 26.3 Å². The summed E-state index contributed by atoms with van der Waals surface area (Å²) in [5.41, 5.74) is -2.89. The zero-order chi connectivity index (χ0) is 35.2. The summed E-state index contributed by atoms with van der Waals surface area (Å²) in [5.74, 6) is -8.80. The van der Waals surface area contributed by atoms with Crippen molar-refractivity contribution < 1.29 is 69.9 Å². The maximum atomic E-state index is 15.1.